The lowest BCUT2D eigenvalue weighted by Gasteiger charge is -2.69. The van der Waals surface area contributed by atoms with Crippen LogP contribution in [0.15, 0.2) is 23.3 Å². The number of nitriles is 1. The molecule has 5 aliphatic carbocycles. The number of hydrogen-bond acceptors (Lipinski definition) is 5. The molecule has 8 heteroatoms. The molecule has 0 aromatic heterocycles. The highest BCUT2D eigenvalue weighted by molar-refractivity contribution is 6.05. The van der Waals surface area contributed by atoms with Gasteiger partial charge in [0.15, 0.2) is 11.6 Å². The summed E-state index contributed by atoms with van der Waals surface area (Å²) in [5.74, 6) is -6.27. The summed E-state index contributed by atoms with van der Waals surface area (Å²) in [6.07, 6.45) is 7.84. The van der Waals surface area contributed by atoms with E-state index in [1.54, 1.807) is 19.1 Å². The molecule has 0 aliphatic heterocycles. The normalized spacial score (nSPS) is 45.1. The van der Waals surface area contributed by atoms with E-state index in [4.69, 9.17) is 0 Å². The van der Waals surface area contributed by atoms with Crippen LogP contribution in [0.3, 0.4) is 0 Å². The molecular formula is C33H44F2N2O4. The van der Waals surface area contributed by atoms with Crippen molar-refractivity contribution in [2.24, 2.45) is 44.8 Å². The molecule has 0 spiro atoms. The van der Waals surface area contributed by atoms with Crippen LogP contribution in [0.2, 0.25) is 0 Å². The van der Waals surface area contributed by atoms with Gasteiger partial charge in [-0.2, -0.15) is 14.0 Å². The number of nitrogens with one attached hydrogen (secondary N) is 1. The number of alkyl halides is 2. The van der Waals surface area contributed by atoms with Gasteiger partial charge in [0.2, 0.25) is 0 Å². The Balaban J connectivity index is 1.67. The van der Waals surface area contributed by atoms with E-state index in [1.165, 1.54) is 0 Å². The highest BCUT2D eigenvalue weighted by Gasteiger charge is 2.70. The number of rotatable bonds is 3. The minimum absolute atomic E-state index is 0.0186. The molecule has 2 N–H and O–H groups in total. The number of nitrogens with zero attached hydrogens (tertiary/aromatic N) is 1. The number of carbonyl (C=O) groups is 3. The first-order chi connectivity index (χ1) is 18.7. The van der Waals surface area contributed by atoms with E-state index in [-0.39, 0.29) is 41.0 Å². The van der Waals surface area contributed by atoms with Gasteiger partial charge in [0.1, 0.15) is 6.07 Å². The molecule has 3 saturated carbocycles. The van der Waals surface area contributed by atoms with E-state index in [0.29, 0.717) is 45.4 Å². The lowest BCUT2D eigenvalue weighted by atomic mass is 9.35. The van der Waals surface area contributed by atoms with Gasteiger partial charge in [0.05, 0.1) is 17.6 Å². The topological polar surface area (TPSA) is 107 Å². The summed E-state index contributed by atoms with van der Waals surface area (Å²) in [4.78, 5) is 40.4. The fourth-order valence-electron chi connectivity index (χ4n) is 10.2. The first-order valence-electron chi connectivity index (χ1n) is 15.0. The number of aliphatic hydroxyl groups excluding tert-OH is 1. The van der Waals surface area contributed by atoms with Crippen molar-refractivity contribution >= 4 is 17.5 Å². The first-order valence-corrected chi connectivity index (χ1v) is 15.0. The summed E-state index contributed by atoms with van der Waals surface area (Å²) in [5, 5.41) is 23.1. The Labute approximate surface area is 242 Å². The Morgan fingerprint density at radius 3 is 2.32 bits per heavy atom. The quantitative estimate of drug-likeness (QED) is 0.453. The highest BCUT2D eigenvalue weighted by Crippen LogP contribution is 2.73. The number of halogens is 2. The largest absolute Gasteiger partial charge is 0.395 e. The van der Waals surface area contributed by atoms with E-state index >= 15 is 0 Å². The zero-order valence-electron chi connectivity index (χ0n) is 25.4. The number of Topliss-reactive ketones (excluding diaryl/α,β-unsaturated/α-hetero) is 1. The average Bonchev–Trinajstić information content (AvgIpc) is 2.87. The zero-order valence-corrected chi connectivity index (χ0v) is 25.4. The van der Waals surface area contributed by atoms with Crippen LogP contribution in [-0.2, 0) is 14.4 Å². The Kier molecular flexibility index (Phi) is 6.46. The molecule has 0 aromatic rings. The Morgan fingerprint density at radius 2 is 1.73 bits per heavy atom. The first kappa shape index (κ1) is 30.1. The summed E-state index contributed by atoms with van der Waals surface area (Å²) >= 11 is 0. The van der Waals surface area contributed by atoms with E-state index in [1.807, 2.05) is 6.92 Å². The van der Waals surface area contributed by atoms with Gasteiger partial charge in [0.25, 0.3) is 5.91 Å². The highest BCUT2D eigenvalue weighted by atomic mass is 19.3. The van der Waals surface area contributed by atoms with Crippen LogP contribution in [0.5, 0.6) is 0 Å². The number of aliphatic hydroxyl groups is 1. The van der Waals surface area contributed by atoms with Gasteiger partial charge in [-0.1, -0.05) is 46.3 Å². The van der Waals surface area contributed by atoms with Gasteiger partial charge < -0.3 is 10.4 Å². The molecule has 8 atom stereocenters. The summed E-state index contributed by atoms with van der Waals surface area (Å²) < 4.78 is 28.3. The molecule has 0 heterocycles. The maximum atomic E-state index is 14.4. The summed E-state index contributed by atoms with van der Waals surface area (Å²) in [6.45, 7) is 12.6. The van der Waals surface area contributed by atoms with Gasteiger partial charge in [-0.05, 0) is 86.0 Å². The van der Waals surface area contributed by atoms with Crippen molar-refractivity contribution in [3.05, 3.63) is 23.3 Å². The van der Waals surface area contributed by atoms with Crippen molar-refractivity contribution in [2.75, 3.05) is 6.61 Å². The van der Waals surface area contributed by atoms with Crippen LogP contribution < -0.4 is 5.32 Å². The van der Waals surface area contributed by atoms with Crippen LogP contribution in [0.4, 0.5) is 8.78 Å². The van der Waals surface area contributed by atoms with Crippen LogP contribution in [0.1, 0.15) is 93.4 Å². The minimum Gasteiger partial charge on any atom is -0.395 e. The number of amides is 1. The SMILES string of the molecule is CC1(C)CC[C@]2(NC(=O)C(C)(F)F)CC[C@]3(C)[C@H](C(=O)C=C4[C@@]5(C)C=C(C#N)C(=O)[C@@](C)(CO)[C@@H]5CC[C@]43C)[C@@H]2C1. The Hall–Kier alpha value is -2.40. The molecule has 0 saturated heterocycles. The Morgan fingerprint density at radius 1 is 1.10 bits per heavy atom. The molecule has 41 heavy (non-hydrogen) atoms. The molecule has 0 unspecified atom stereocenters. The van der Waals surface area contributed by atoms with Gasteiger partial charge in [-0.25, -0.2) is 0 Å². The van der Waals surface area contributed by atoms with Crippen molar-refractivity contribution in [3.8, 4) is 6.07 Å². The smallest absolute Gasteiger partial charge is 0.321 e. The van der Waals surface area contributed by atoms with Crippen molar-refractivity contribution in [2.45, 2.75) is 105 Å². The minimum atomic E-state index is -3.52. The summed E-state index contributed by atoms with van der Waals surface area (Å²) in [5.41, 5.74) is -3.00. The fourth-order valence-corrected chi connectivity index (χ4v) is 10.2. The molecular weight excluding hydrogens is 526 g/mol. The van der Waals surface area contributed by atoms with E-state index in [0.717, 1.165) is 12.0 Å². The van der Waals surface area contributed by atoms with Gasteiger partial charge in [-0.3, -0.25) is 14.4 Å². The maximum absolute atomic E-state index is 14.4. The number of carbonyl (C=O) groups excluding carboxylic acids is 3. The van der Waals surface area contributed by atoms with Crippen LogP contribution >= 0.6 is 0 Å². The molecule has 5 rings (SSSR count). The van der Waals surface area contributed by atoms with Crippen molar-refractivity contribution in [1.82, 2.24) is 5.32 Å². The number of fused-ring (bicyclic) bond motifs is 7. The zero-order chi connectivity index (χ0) is 30.6. The molecule has 3 fully saturated rings. The van der Waals surface area contributed by atoms with E-state index < -0.39 is 44.9 Å². The van der Waals surface area contributed by atoms with Gasteiger partial charge in [0, 0.05) is 23.8 Å². The van der Waals surface area contributed by atoms with Gasteiger partial charge in [-0.15, -0.1) is 0 Å². The predicted octanol–water partition coefficient (Wildman–Crippen LogP) is 5.70. The molecule has 1 amide bonds. The van der Waals surface area contributed by atoms with Gasteiger partial charge >= 0.3 is 5.92 Å². The number of hydrogen-bond donors (Lipinski definition) is 2. The lowest BCUT2D eigenvalue weighted by Crippen LogP contribution is -2.70. The second kappa shape index (κ2) is 8.81. The van der Waals surface area contributed by atoms with E-state index in [9.17, 15) is 33.5 Å². The van der Waals surface area contributed by atoms with Crippen LogP contribution in [0, 0.1) is 56.2 Å². The summed E-state index contributed by atoms with van der Waals surface area (Å²) in [6, 6.07) is 2.05. The maximum Gasteiger partial charge on any atom is 0.321 e. The molecule has 0 bridgehead atoms. The van der Waals surface area contributed by atoms with Crippen LogP contribution in [-0.4, -0.2) is 40.6 Å². The lowest BCUT2D eigenvalue weighted by molar-refractivity contribution is -0.169. The average molecular weight is 571 g/mol. The molecule has 0 aromatic carbocycles. The number of allylic oxidation sites excluding steroid dienone is 4. The molecule has 6 nitrogen and oxygen atoms in total. The molecule has 224 valence electrons. The van der Waals surface area contributed by atoms with E-state index in [2.05, 4.69) is 39.1 Å². The fraction of sp³-hybridized carbons (Fsp3) is 0.758. The monoisotopic (exact) mass is 570 g/mol. The third-order valence-electron chi connectivity index (χ3n) is 12.8. The number of ketones is 2. The molecule has 0 radical (unpaired) electrons. The third-order valence-corrected chi connectivity index (χ3v) is 12.8. The summed E-state index contributed by atoms with van der Waals surface area (Å²) in [7, 11) is 0. The van der Waals surface area contributed by atoms with Crippen LogP contribution in [0.25, 0.3) is 0 Å². The second-order valence-corrected chi connectivity index (χ2v) is 15.6. The standard InChI is InChI=1S/C33H44F2N2O4/c1-27(2)10-12-33(37-26(41)32(7,34)35)13-11-31(6)24(20(33)16-27)21(39)14-23-28(3)15-19(17-36)25(40)29(4,18-38)22(28)8-9-30(23,31)5/h14-15,20,22,24,38H,8-13,16,18H2,1-7H3,(H,37,41)/t20-,22+,24-,28-,29-,30+,31+,33-/m0/s1. The molecule has 5 aliphatic rings. The van der Waals surface area contributed by atoms with Crippen molar-refractivity contribution < 1.29 is 28.3 Å². The predicted molar refractivity (Wildman–Crippen MR) is 149 cm³/mol. The second-order valence-electron chi connectivity index (χ2n) is 15.6. The third kappa shape index (κ3) is 3.90. The van der Waals surface area contributed by atoms with Crippen molar-refractivity contribution in [1.29, 1.82) is 5.26 Å². The van der Waals surface area contributed by atoms with Crippen molar-refractivity contribution in [3.63, 3.8) is 0 Å². The Bertz CT molecular complexity index is 1320.